The molecule has 1 aliphatic heterocycles. The largest absolute Gasteiger partial charge is 0.465 e. The number of halogens is 1. The van der Waals surface area contributed by atoms with E-state index in [1.165, 1.54) is 18.7 Å². The normalized spacial score (nSPS) is 21.9. The molecule has 138 valence electrons. The number of hydrogen-bond acceptors (Lipinski definition) is 2. The third-order valence-electron chi connectivity index (χ3n) is 5.05. The third kappa shape index (κ3) is 4.20. The highest BCUT2D eigenvalue weighted by molar-refractivity contribution is 5.99. The second-order valence-electron chi connectivity index (χ2n) is 8.46. The quantitative estimate of drug-likeness (QED) is 0.791. The monoisotopic (exact) mass is 349 g/mol. The average molecular weight is 349 g/mol. The number of hydrogen-bond donors (Lipinski definition) is 1. The molecule has 2 unspecified atom stereocenters. The summed E-state index contributed by atoms with van der Waals surface area (Å²) in [4.78, 5) is 26.1. The van der Waals surface area contributed by atoms with Gasteiger partial charge < -0.3 is 10.0 Å². The highest BCUT2D eigenvalue weighted by atomic mass is 19.1. The van der Waals surface area contributed by atoms with Crippen LogP contribution in [0.2, 0.25) is 0 Å². The first-order chi connectivity index (χ1) is 11.4. The Morgan fingerprint density at radius 3 is 2.28 bits per heavy atom. The summed E-state index contributed by atoms with van der Waals surface area (Å²) in [6, 6.07) is 6.57. The Balaban J connectivity index is 2.32. The van der Waals surface area contributed by atoms with Gasteiger partial charge in [0.2, 0.25) is 0 Å². The molecule has 1 fully saturated rings. The van der Waals surface area contributed by atoms with Gasteiger partial charge in [-0.3, -0.25) is 4.79 Å². The molecule has 25 heavy (non-hydrogen) atoms. The standard InChI is InChI=1S/C20H28FNO3/c1-19(2,3)16-12-13(10-11-22(16)18(24)25)17(23)14-8-6-7-9-15(14)20(4,5)21/h6-9,13,16H,10-12H2,1-5H3,(H,24,25). The number of ketones is 1. The summed E-state index contributed by atoms with van der Waals surface area (Å²) >= 11 is 0. The molecule has 1 heterocycles. The van der Waals surface area contributed by atoms with Crippen LogP contribution in [0.3, 0.4) is 0 Å². The molecule has 1 amide bonds. The molecular formula is C20H28FNO3. The number of likely N-dealkylation sites (tertiary alicyclic amines) is 1. The van der Waals surface area contributed by atoms with Gasteiger partial charge in [-0.25, -0.2) is 9.18 Å². The van der Waals surface area contributed by atoms with E-state index in [9.17, 15) is 19.1 Å². The molecule has 5 heteroatoms. The third-order valence-corrected chi connectivity index (χ3v) is 5.05. The van der Waals surface area contributed by atoms with Crippen LogP contribution in [-0.4, -0.2) is 34.5 Å². The SMILES string of the molecule is CC(C)(F)c1ccccc1C(=O)C1CCN(C(=O)O)C(C(C)(C)C)C1. The Kier molecular flexibility index (Phi) is 5.26. The lowest BCUT2D eigenvalue weighted by Crippen LogP contribution is -2.52. The summed E-state index contributed by atoms with van der Waals surface area (Å²) in [5.74, 6) is -0.371. The molecule has 1 saturated heterocycles. The van der Waals surface area contributed by atoms with Gasteiger partial charge in [0.25, 0.3) is 0 Å². The molecule has 0 bridgehead atoms. The van der Waals surface area contributed by atoms with Crippen molar-refractivity contribution in [3.63, 3.8) is 0 Å². The fourth-order valence-electron chi connectivity index (χ4n) is 3.69. The maximum absolute atomic E-state index is 14.5. The molecule has 0 spiro atoms. The van der Waals surface area contributed by atoms with Gasteiger partial charge >= 0.3 is 6.09 Å². The Hall–Kier alpha value is -1.91. The number of Topliss-reactive ketones (excluding diaryl/α,β-unsaturated/α-hetero) is 1. The minimum Gasteiger partial charge on any atom is -0.465 e. The Bertz CT molecular complexity index is 658. The van der Waals surface area contributed by atoms with Gasteiger partial charge in [0.15, 0.2) is 5.78 Å². The highest BCUT2D eigenvalue weighted by Gasteiger charge is 2.41. The van der Waals surface area contributed by atoms with Gasteiger partial charge in [0.05, 0.1) is 0 Å². The second-order valence-corrected chi connectivity index (χ2v) is 8.46. The van der Waals surface area contributed by atoms with Crippen LogP contribution in [0.15, 0.2) is 24.3 Å². The van der Waals surface area contributed by atoms with Crippen molar-refractivity contribution in [1.82, 2.24) is 4.90 Å². The van der Waals surface area contributed by atoms with Gasteiger partial charge in [-0.15, -0.1) is 0 Å². The Labute approximate surface area is 149 Å². The smallest absolute Gasteiger partial charge is 0.407 e. The highest BCUT2D eigenvalue weighted by Crippen LogP contribution is 2.37. The fraction of sp³-hybridized carbons (Fsp3) is 0.600. The van der Waals surface area contributed by atoms with E-state index < -0.39 is 11.8 Å². The first-order valence-corrected chi connectivity index (χ1v) is 8.75. The second kappa shape index (κ2) is 6.77. The maximum atomic E-state index is 14.5. The van der Waals surface area contributed by atoms with E-state index in [1.54, 1.807) is 24.3 Å². The van der Waals surface area contributed by atoms with Crippen LogP contribution in [-0.2, 0) is 5.67 Å². The summed E-state index contributed by atoms with van der Waals surface area (Å²) in [7, 11) is 0. The molecule has 0 saturated carbocycles. The molecule has 2 rings (SSSR count). The van der Waals surface area contributed by atoms with Gasteiger partial charge in [-0.2, -0.15) is 0 Å². The number of piperidine rings is 1. The van der Waals surface area contributed by atoms with Gasteiger partial charge in [0.1, 0.15) is 5.67 Å². The van der Waals surface area contributed by atoms with Crippen molar-refractivity contribution in [3.05, 3.63) is 35.4 Å². The summed E-state index contributed by atoms with van der Waals surface area (Å²) in [5, 5.41) is 9.46. The Morgan fingerprint density at radius 2 is 1.76 bits per heavy atom. The van der Waals surface area contributed by atoms with Gasteiger partial charge in [-0.05, 0) is 37.7 Å². The number of rotatable bonds is 3. The van der Waals surface area contributed by atoms with Crippen LogP contribution in [0.5, 0.6) is 0 Å². The maximum Gasteiger partial charge on any atom is 0.407 e. The molecule has 1 N–H and O–H groups in total. The number of alkyl halides is 1. The van der Waals surface area contributed by atoms with Crippen LogP contribution in [0.25, 0.3) is 0 Å². The van der Waals surface area contributed by atoms with Crippen molar-refractivity contribution >= 4 is 11.9 Å². The predicted molar refractivity (Wildman–Crippen MR) is 95.6 cm³/mol. The van der Waals surface area contributed by atoms with E-state index in [0.29, 0.717) is 30.5 Å². The summed E-state index contributed by atoms with van der Waals surface area (Å²) < 4.78 is 14.5. The summed E-state index contributed by atoms with van der Waals surface area (Å²) in [6.07, 6.45) is -0.00911. The van der Waals surface area contributed by atoms with E-state index in [4.69, 9.17) is 0 Å². The molecule has 1 aromatic rings. The van der Waals surface area contributed by atoms with Crippen molar-refractivity contribution in [2.24, 2.45) is 11.3 Å². The average Bonchev–Trinajstić information content (AvgIpc) is 2.52. The zero-order chi connectivity index (χ0) is 19.0. The van der Waals surface area contributed by atoms with Crippen molar-refractivity contribution in [2.45, 2.75) is 59.2 Å². The molecule has 1 aliphatic rings. The molecule has 0 radical (unpaired) electrons. The minimum absolute atomic E-state index is 0.0828. The van der Waals surface area contributed by atoms with Gasteiger partial charge in [-0.1, -0.05) is 45.0 Å². The van der Waals surface area contributed by atoms with E-state index in [2.05, 4.69) is 0 Å². The number of carbonyl (C=O) groups excluding carboxylic acids is 1. The number of benzene rings is 1. The number of nitrogens with zero attached hydrogens (tertiary/aromatic N) is 1. The van der Waals surface area contributed by atoms with E-state index in [0.717, 1.165) is 0 Å². The zero-order valence-electron chi connectivity index (χ0n) is 15.7. The number of carboxylic acid groups (broad SMARTS) is 1. The molecule has 0 aromatic heterocycles. The molecule has 1 aromatic carbocycles. The molecule has 2 atom stereocenters. The van der Waals surface area contributed by atoms with Crippen molar-refractivity contribution in [1.29, 1.82) is 0 Å². The van der Waals surface area contributed by atoms with Crippen molar-refractivity contribution in [2.75, 3.05) is 6.54 Å². The lowest BCUT2D eigenvalue weighted by atomic mass is 9.74. The van der Waals surface area contributed by atoms with Crippen LogP contribution in [0.1, 0.15) is 63.4 Å². The number of carbonyl (C=O) groups is 2. The van der Waals surface area contributed by atoms with E-state index >= 15 is 0 Å². The Morgan fingerprint density at radius 1 is 1.16 bits per heavy atom. The fourth-order valence-corrected chi connectivity index (χ4v) is 3.69. The zero-order valence-corrected chi connectivity index (χ0v) is 15.7. The first-order valence-electron chi connectivity index (χ1n) is 8.75. The first kappa shape index (κ1) is 19.4. The van der Waals surface area contributed by atoms with Crippen molar-refractivity contribution < 1.29 is 19.1 Å². The predicted octanol–water partition coefficient (Wildman–Crippen LogP) is 4.88. The van der Waals surface area contributed by atoms with E-state index in [1.807, 2.05) is 20.8 Å². The topological polar surface area (TPSA) is 57.6 Å². The van der Waals surface area contributed by atoms with Gasteiger partial charge in [0, 0.05) is 24.1 Å². The number of amides is 1. The lowest BCUT2D eigenvalue weighted by molar-refractivity contribution is 0.0375. The minimum atomic E-state index is -1.60. The molecular weight excluding hydrogens is 321 g/mol. The van der Waals surface area contributed by atoms with Crippen LogP contribution in [0, 0.1) is 11.3 Å². The van der Waals surface area contributed by atoms with Crippen LogP contribution < -0.4 is 0 Å². The van der Waals surface area contributed by atoms with Crippen LogP contribution >= 0.6 is 0 Å². The molecule has 4 nitrogen and oxygen atoms in total. The molecule has 0 aliphatic carbocycles. The summed E-state index contributed by atoms with van der Waals surface area (Å²) in [5.41, 5.74) is -1.06. The van der Waals surface area contributed by atoms with Crippen molar-refractivity contribution in [3.8, 4) is 0 Å². The van der Waals surface area contributed by atoms with Crippen LogP contribution in [0.4, 0.5) is 9.18 Å². The van der Waals surface area contributed by atoms with E-state index in [-0.39, 0.29) is 23.2 Å². The summed E-state index contributed by atoms with van der Waals surface area (Å²) in [6.45, 7) is 9.18. The lowest BCUT2D eigenvalue weighted by Gasteiger charge is -2.44.